The van der Waals surface area contributed by atoms with Crippen LogP contribution < -0.4 is 5.32 Å². The third kappa shape index (κ3) is 3.54. The largest absolute Gasteiger partial charge is 0.382 e. The minimum Gasteiger partial charge on any atom is -0.382 e. The molecule has 1 aliphatic heterocycles. The highest BCUT2D eigenvalue weighted by molar-refractivity contribution is 5.54. The number of ether oxygens (including phenoxy) is 1. The Balaban J connectivity index is 2.14. The minimum atomic E-state index is 0.0343. The summed E-state index contributed by atoms with van der Waals surface area (Å²) in [5.74, 6) is 0. The van der Waals surface area contributed by atoms with E-state index < -0.39 is 0 Å². The van der Waals surface area contributed by atoms with Crippen molar-refractivity contribution in [3.8, 4) is 0 Å². The molecule has 1 aliphatic rings. The van der Waals surface area contributed by atoms with E-state index in [1.807, 2.05) is 0 Å². The first kappa shape index (κ1) is 15.4. The maximum Gasteiger partial charge on any atom is 0.0671 e. The lowest BCUT2D eigenvalue weighted by Crippen LogP contribution is -2.42. The third-order valence-corrected chi connectivity index (χ3v) is 4.44. The van der Waals surface area contributed by atoms with Gasteiger partial charge in [-0.1, -0.05) is 45.9 Å². The quantitative estimate of drug-likeness (QED) is 0.860. The van der Waals surface area contributed by atoms with E-state index in [1.165, 1.54) is 11.3 Å². The summed E-state index contributed by atoms with van der Waals surface area (Å²) in [6.45, 7) is 12.1. The summed E-state index contributed by atoms with van der Waals surface area (Å²) >= 11 is 0. The predicted octanol–water partition coefficient (Wildman–Crippen LogP) is 4.74. The van der Waals surface area contributed by atoms with Gasteiger partial charge >= 0.3 is 0 Å². The zero-order valence-corrected chi connectivity index (χ0v) is 13.6. The van der Waals surface area contributed by atoms with E-state index in [2.05, 4.69) is 64.2 Å². The number of nitrogens with one attached hydrogen (secondary N) is 1. The molecule has 1 fully saturated rings. The molecule has 0 aliphatic carbocycles. The van der Waals surface area contributed by atoms with Crippen LogP contribution in [0.15, 0.2) is 24.3 Å². The molecule has 1 saturated heterocycles. The molecular formula is C18H29NO. The normalized spacial score (nSPS) is 27.4. The Hall–Kier alpha value is -1.02. The molecular weight excluding hydrogens is 246 g/mol. The number of benzene rings is 1. The van der Waals surface area contributed by atoms with Gasteiger partial charge in [0, 0.05) is 18.3 Å². The number of hydrogen-bond acceptors (Lipinski definition) is 2. The summed E-state index contributed by atoms with van der Waals surface area (Å²) in [6, 6.07) is 9.21. The molecule has 112 valence electrons. The second-order valence-electron chi connectivity index (χ2n) is 7.28. The van der Waals surface area contributed by atoms with E-state index in [1.54, 1.807) is 0 Å². The zero-order valence-electron chi connectivity index (χ0n) is 13.6. The molecule has 2 heteroatoms. The molecule has 2 atom stereocenters. The predicted molar refractivity (Wildman–Crippen MR) is 86.4 cm³/mol. The standard InChI is InChI=1S/C18H29NO/c1-6-18(5)13-14(11-12-20-18)19-16-10-8-7-9-15(16)17(2,3)4/h7-10,14,19H,6,11-13H2,1-5H3. The Labute approximate surface area is 123 Å². The molecule has 1 heterocycles. The molecule has 1 aromatic carbocycles. The number of anilines is 1. The Morgan fingerprint density at radius 2 is 2.00 bits per heavy atom. The molecule has 1 aromatic rings. The fraction of sp³-hybridized carbons (Fsp3) is 0.667. The van der Waals surface area contributed by atoms with E-state index in [0.29, 0.717) is 6.04 Å². The summed E-state index contributed by atoms with van der Waals surface area (Å²) in [4.78, 5) is 0. The van der Waals surface area contributed by atoms with Crippen molar-refractivity contribution < 1.29 is 4.74 Å². The molecule has 2 unspecified atom stereocenters. The van der Waals surface area contributed by atoms with Crippen molar-refractivity contribution in [2.75, 3.05) is 11.9 Å². The fourth-order valence-corrected chi connectivity index (χ4v) is 2.98. The van der Waals surface area contributed by atoms with Gasteiger partial charge in [-0.15, -0.1) is 0 Å². The number of rotatable bonds is 3. The molecule has 1 N–H and O–H groups in total. The SMILES string of the molecule is CCC1(C)CC(Nc2ccccc2C(C)(C)C)CCO1. The second-order valence-corrected chi connectivity index (χ2v) is 7.28. The van der Waals surface area contributed by atoms with Crippen LogP contribution in [0, 0.1) is 0 Å². The van der Waals surface area contributed by atoms with Crippen LogP contribution in [0.3, 0.4) is 0 Å². The highest BCUT2D eigenvalue weighted by Gasteiger charge is 2.32. The first-order valence-electron chi connectivity index (χ1n) is 7.84. The Morgan fingerprint density at radius 3 is 2.65 bits per heavy atom. The third-order valence-electron chi connectivity index (χ3n) is 4.44. The van der Waals surface area contributed by atoms with Crippen LogP contribution >= 0.6 is 0 Å². The molecule has 0 saturated carbocycles. The van der Waals surface area contributed by atoms with Gasteiger partial charge in [-0.2, -0.15) is 0 Å². The molecule has 0 spiro atoms. The lowest BCUT2D eigenvalue weighted by molar-refractivity contribution is -0.0708. The van der Waals surface area contributed by atoms with Crippen LogP contribution in [0.25, 0.3) is 0 Å². The fourth-order valence-electron chi connectivity index (χ4n) is 2.98. The molecule has 0 amide bonds. The second kappa shape index (κ2) is 5.77. The topological polar surface area (TPSA) is 21.3 Å². The highest BCUT2D eigenvalue weighted by Crippen LogP contribution is 2.33. The summed E-state index contributed by atoms with van der Waals surface area (Å²) in [6.07, 6.45) is 3.25. The van der Waals surface area contributed by atoms with Gasteiger partial charge in [0.15, 0.2) is 0 Å². The van der Waals surface area contributed by atoms with Gasteiger partial charge in [0.1, 0.15) is 0 Å². The number of para-hydroxylation sites is 1. The van der Waals surface area contributed by atoms with E-state index in [0.717, 1.165) is 25.9 Å². The van der Waals surface area contributed by atoms with Gasteiger partial charge < -0.3 is 10.1 Å². The average molecular weight is 275 g/mol. The van der Waals surface area contributed by atoms with Crippen LogP contribution in [-0.4, -0.2) is 18.2 Å². The van der Waals surface area contributed by atoms with Crippen molar-refractivity contribution in [3.05, 3.63) is 29.8 Å². The van der Waals surface area contributed by atoms with Crippen molar-refractivity contribution in [2.45, 2.75) is 70.9 Å². The monoisotopic (exact) mass is 275 g/mol. The molecule has 20 heavy (non-hydrogen) atoms. The van der Waals surface area contributed by atoms with Crippen molar-refractivity contribution in [1.29, 1.82) is 0 Å². The molecule has 0 radical (unpaired) electrons. The van der Waals surface area contributed by atoms with Gasteiger partial charge in [0.25, 0.3) is 0 Å². The lowest BCUT2D eigenvalue weighted by Gasteiger charge is -2.39. The van der Waals surface area contributed by atoms with E-state index >= 15 is 0 Å². The number of hydrogen-bond donors (Lipinski definition) is 1. The molecule has 2 rings (SSSR count). The van der Waals surface area contributed by atoms with Crippen molar-refractivity contribution in [3.63, 3.8) is 0 Å². The summed E-state index contributed by atoms with van der Waals surface area (Å²) < 4.78 is 5.94. The zero-order chi connectivity index (χ0) is 14.8. The van der Waals surface area contributed by atoms with Crippen LogP contribution in [-0.2, 0) is 10.2 Å². The average Bonchev–Trinajstić information content (AvgIpc) is 2.38. The van der Waals surface area contributed by atoms with Crippen LogP contribution in [0.5, 0.6) is 0 Å². The van der Waals surface area contributed by atoms with Gasteiger partial charge in [-0.25, -0.2) is 0 Å². The first-order valence-corrected chi connectivity index (χ1v) is 7.84. The maximum atomic E-state index is 5.94. The molecule has 0 bridgehead atoms. The van der Waals surface area contributed by atoms with Crippen LogP contribution in [0.2, 0.25) is 0 Å². The summed E-state index contributed by atoms with van der Waals surface area (Å²) in [5, 5.41) is 3.77. The Bertz CT molecular complexity index is 449. The Morgan fingerprint density at radius 1 is 1.30 bits per heavy atom. The molecule has 0 aromatic heterocycles. The minimum absolute atomic E-state index is 0.0343. The van der Waals surface area contributed by atoms with Crippen molar-refractivity contribution in [2.24, 2.45) is 0 Å². The summed E-state index contributed by atoms with van der Waals surface area (Å²) in [5.41, 5.74) is 2.88. The van der Waals surface area contributed by atoms with Gasteiger partial charge in [0.05, 0.1) is 5.60 Å². The maximum absolute atomic E-state index is 5.94. The van der Waals surface area contributed by atoms with Crippen LogP contribution in [0.1, 0.15) is 59.4 Å². The first-order chi connectivity index (χ1) is 9.34. The Kier molecular flexibility index (Phi) is 4.43. The van der Waals surface area contributed by atoms with E-state index in [9.17, 15) is 0 Å². The summed E-state index contributed by atoms with van der Waals surface area (Å²) in [7, 11) is 0. The lowest BCUT2D eigenvalue weighted by atomic mass is 9.85. The highest BCUT2D eigenvalue weighted by atomic mass is 16.5. The van der Waals surface area contributed by atoms with Crippen LogP contribution in [0.4, 0.5) is 5.69 Å². The van der Waals surface area contributed by atoms with E-state index in [4.69, 9.17) is 4.74 Å². The van der Waals surface area contributed by atoms with Gasteiger partial charge in [-0.05, 0) is 43.2 Å². The van der Waals surface area contributed by atoms with Gasteiger partial charge in [-0.3, -0.25) is 0 Å². The van der Waals surface area contributed by atoms with Gasteiger partial charge in [0.2, 0.25) is 0 Å². The van der Waals surface area contributed by atoms with Crippen molar-refractivity contribution in [1.82, 2.24) is 0 Å². The van der Waals surface area contributed by atoms with Crippen molar-refractivity contribution >= 4 is 5.69 Å². The van der Waals surface area contributed by atoms with E-state index in [-0.39, 0.29) is 11.0 Å². The smallest absolute Gasteiger partial charge is 0.0671 e. The molecule has 2 nitrogen and oxygen atoms in total.